The minimum Gasteiger partial charge on any atom is -0.356 e. The van der Waals surface area contributed by atoms with Crippen LogP contribution in [0.15, 0.2) is 48.5 Å². The molecule has 2 heterocycles. The van der Waals surface area contributed by atoms with Crippen LogP contribution in [-0.4, -0.2) is 33.0 Å². The topological polar surface area (TPSA) is 92.5 Å². The van der Waals surface area contributed by atoms with Gasteiger partial charge in [0.15, 0.2) is 0 Å². The fraction of sp³-hybridized carbons (Fsp3) is 0.250. The van der Waals surface area contributed by atoms with Crippen LogP contribution in [0.25, 0.3) is 21.5 Å². The van der Waals surface area contributed by atoms with E-state index in [2.05, 4.69) is 50.8 Å². The third-order valence-electron chi connectivity index (χ3n) is 4.60. The second kappa shape index (κ2) is 7.85. The van der Waals surface area contributed by atoms with E-state index in [1.54, 1.807) is 11.3 Å². The summed E-state index contributed by atoms with van der Waals surface area (Å²) in [7, 11) is 0. The number of nitrogens with one attached hydrogen (secondary N) is 2. The maximum Gasteiger partial charge on any atom is 0.206 e. The molecule has 2 aromatic heterocycles. The summed E-state index contributed by atoms with van der Waals surface area (Å²) in [5, 5.41) is 22.3. The molecular formula is C20H22N6S. The summed E-state index contributed by atoms with van der Waals surface area (Å²) < 4.78 is 0. The summed E-state index contributed by atoms with van der Waals surface area (Å²) in [4.78, 5) is 0. The highest BCUT2D eigenvalue weighted by Gasteiger charge is 2.13. The largest absolute Gasteiger partial charge is 0.356 e. The SMILES string of the molecule is CCc1[nH]nc2ccc(-c3nnc(N[C@@H](CN)Cc4ccccc4)s3)cc12. The fourth-order valence-corrected chi connectivity index (χ4v) is 3.95. The van der Waals surface area contributed by atoms with Crippen LogP contribution in [0.1, 0.15) is 18.2 Å². The Balaban J connectivity index is 1.52. The van der Waals surface area contributed by atoms with Gasteiger partial charge in [-0.1, -0.05) is 48.6 Å². The molecule has 7 heteroatoms. The summed E-state index contributed by atoms with van der Waals surface area (Å²) in [5.74, 6) is 0. The number of nitrogens with zero attached hydrogens (tertiary/aromatic N) is 3. The minimum atomic E-state index is 0.122. The van der Waals surface area contributed by atoms with Crippen LogP contribution in [0.3, 0.4) is 0 Å². The van der Waals surface area contributed by atoms with E-state index < -0.39 is 0 Å². The minimum absolute atomic E-state index is 0.122. The normalized spacial score (nSPS) is 12.4. The Morgan fingerprint density at radius 3 is 2.78 bits per heavy atom. The average molecular weight is 379 g/mol. The highest BCUT2D eigenvalue weighted by molar-refractivity contribution is 7.18. The van der Waals surface area contributed by atoms with Gasteiger partial charge in [0.05, 0.1) is 5.52 Å². The molecule has 4 rings (SSSR count). The summed E-state index contributed by atoms with van der Waals surface area (Å²) in [6.45, 7) is 2.65. The number of benzene rings is 2. The molecule has 2 aromatic carbocycles. The molecule has 0 saturated heterocycles. The van der Waals surface area contributed by atoms with E-state index in [1.807, 2.05) is 30.3 Å². The molecule has 1 atom stereocenters. The molecule has 27 heavy (non-hydrogen) atoms. The number of rotatable bonds is 7. The van der Waals surface area contributed by atoms with Crippen molar-refractivity contribution in [1.82, 2.24) is 20.4 Å². The van der Waals surface area contributed by atoms with Gasteiger partial charge in [-0.2, -0.15) is 5.10 Å². The van der Waals surface area contributed by atoms with Crippen molar-refractivity contribution in [3.63, 3.8) is 0 Å². The van der Waals surface area contributed by atoms with Gasteiger partial charge in [0.1, 0.15) is 5.01 Å². The third-order valence-corrected chi connectivity index (χ3v) is 5.50. The maximum atomic E-state index is 5.95. The standard InChI is InChI=1S/C20H22N6S/c1-2-17-16-11-14(8-9-18(16)24-23-17)19-25-26-20(27-19)22-15(12-21)10-13-6-4-3-5-7-13/h3-9,11,15H,2,10,12,21H2,1H3,(H,22,26)(H,23,24)/t15-/m1/s1. The van der Waals surface area contributed by atoms with Crippen LogP contribution >= 0.6 is 11.3 Å². The van der Waals surface area contributed by atoms with E-state index in [9.17, 15) is 0 Å². The molecule has 4 aromatic rings. The number of nitrogens with two attached hydrogens (primary N) is 1. The zero-order valence-electron chi connectivity index (χ0n) is 15.1. The molecule has 4 N–H and O–H groups in total. The zero-order valence-corrected chi connectivity index (χ0v) is 16.0. The maximum absolute atomic E-state index is 5.95. The first-order valence-electron chi connectivity index (χ1n) is 9.08. The van der Waals surface area contributed by atoms with Crippen molar-refractivity contribution in [2.45, 2.75) is 25.8 Å². The van der Waals surface area contributed by atoms with Crippen LogP contribution in [0.4, 0.5) is 5.13 Å². The van der Waals surface area contributed by atoms with E-state index in [0.29, 0.717) is 6.54 Å². The lowest BCUT2D eigenvalue weighted by Gasteiger charge is -2.15. The number of fused-ring (bicyclic) bond motifs is 1. The second-order valence-electron chi connectivity index (χ2n) is 6.47. The van der Waals surface area contributed by atoms with Crippen molar-refractivity contribution < 1.29 is 0 Å². The molecule has 0 amide bonds. The number of aromatic amines is 1. The first kappa shape index (κ1) is 17.6. The third kappa shape index (κ3) is 3.84. The summed E-state index contributed by atoms with van der Waals surface area (Å²) in [6, 6.07) is 16.6. The Bertz CT molecular complexity index is 1020. The number of aromatic nitrogens is 4. The predicted molar refractivity (Wildman–Crippen MR) is 111 cm³/mol. The monoisotopic (exact) mass is 378 g/mol. The Kier molecular flexibility index (Phi) is 5.13. The van der Waals surface area contributed by atoms with E-state index in [4.69, 9.17) is 5.73 Å². The molecule has 0 spiro atoms. The van der Waals surface area contributed by atoms with Gasteiger partial charge in [-0.15, -0.1) is 10.2 Å². The molecule has 138 valence electrons. The van der Waals surface area contributed by atoms with E-state index in [1.165, 1.54) is 5.56 Å². The molecule has 0 radical (unpaired) electrons. The molecule has 0 unspecified atom stereocenters. The van der Waals surface area contributed by atoms with Gasteiger partial charge in [0, 0.05) is 29.2 Å². The van der Waals surface area contributed by atoms with E-state index >= 15 is 0 Å². The van der Waals surface area contributed by atoms with Crippen LogP contribution in [0, 0.1) is 0 Å². The number of hydrogen-bond acceptors (Lipinski definition) is 6. The molecule has 6 nitrogen and oxygen atoms in total. The summed E-state index contributed by atoms with van der Waals surface area (Å²) >= 11 is 1.55. The Labute approximate surface area is 161 Å². The molecule has 0 aliphatic carbocycles. The highest BCUT2D eigenvalue weighted by Crippen LogP contribution is 2.30. The van der Waals surface area contributed by atoms with Crippen LogP contribution in [0.5, 0.6) is 0 Å². The smallest absolute Gasteiger partial charge is 0.206 e. The predicted octanol–water partition coefficient (Wildman–Crippen LogP) is 3.63. The number of hydrogen-bond donors (Lipinski definition) is 3. The van der Waals surface area contributed by atoms with Crippen molar-refractivity contribution in [3.8, 4) is 10.6 Å². The van der Waals surface area contributed by atoms with Crippen molar-refractivity contribution in [1.29, 1.82) is 0 Å². The van der Waals surface area contributed by atoms with Gasteiger partial charge in [0.25, 0.3) is 0 Å². The van der Waals surface area contributed by atoms with Crippen molar-refractivity contribution >= 4 is 27.4 Å². The van der Waals surface area contributed by atoms with Crippen molar-refractivity contribution in [2.24, 2.45) is 5.73 Å². The quantitative estimate of drug-likeness (QED) is 0.457. The molecule has 0 fully saturated rings. The molecule has 0 aliphatic heterocycles. The lowest BCUT2D eigenvalue weighted by Crippen LogP contribution is -2.30. The van der Waals surface area contributed by atoms with Crippen molar-refractivity contribution in [2.75, 3.05) is 11.9 Å². The Morgan fingerprint density at radius 1 is 1.15 bits per heavy atom. The average Bonchev–Trinajstić information content (AvgIpc) is 3.34. The number of H-pyrrole nitrogens is 1. The van der Waals surface area contributed by atoms with Gasteiger partial charge in [0.2, 0.25) is 5.13 Å². The van der Waals surface area contributed by atoms with Crippen molar-refractivity contribution in [3.05, 3.63) is 59.8 Å². The van der Waals surface area contributed by atoms with E-state index in [0.717, 1.165) is 45.1 Å². The molecular weight excluding hydrogens is 356 g/mol. The lowest BCUT2D eigenvalue weighted by atomic mass is 10.1. The van der Waals surface area contributed by atoms with Crippen LogP contribution in [0.2, 0.25) is 0 Å². The number of anilines is 1. The van der Waals surface area contributed by atoms with Crippen LogP contribution in [-0.2, 0) is 12.8 Å². The number of aryl methyl sites for hydroxylation is 1. The first-order chi connectivity index (χ1) is 13.3. The zero-order chi connectivity index (χ0) is 18.6. The lowest BCUT2D eigenvalue weighted by molar-refractivity contribution is 0.721. The highest BCUT2D eigenvalue weighted by atomic mass is 32.1. The Morgan fingerprint density at radius 2 is 2.00 bits per heavy atom. The van der Waals surface area contributed by atoms with Gasteiger partial charge in [-0.05, 0) is 36.6 Å². The van der Waals surface area contributed by atoms with E-state index in [-0.39, 0.29) is 6.04 Å². The van der Waals surface area contributed by atoms with Crippen LogP contribution < -0.4 is 11.1 Å². The molecule has 0 saturated carbocycles. The Hall–Kier alpha value is -2.77. The first-order valence-corrected chi connectivity index (χ1v) is 9.90. The fourth-order valence-electron chi connectivity index (χ4n) is 3.13. The van der Waals surface area contributed by atoms with Gasteiger partial charge in [-0.3, -0.25) is 5.10 Å². The molecule has 0 bridgehead atoms. The summed E-state index contributed by atoms with van der Waals surface area (Å²) in [5.41, 5.74) is 10.4. The van der Waals surface area contributed by atoms with Gasteiger partial charge < -0.3 is 11.1 Å². The molecule has 0 aliphatic rings. The summed E-state index contributed by atoms with van der Waals surface area (Å²) in [6.07, 6.45) is 1.77. The van der Waals surface area contributed by atoms with Gasteiger partial charge >= 0.3 is 0 Å². The second-order valence-corrected chi connectivity index (χ2v) is 7.44. The van der Waals surface area contributed by atoms with Gasteiger partial charge in [-0.25, -0.2) is 0 Å².